The molecular formula is C25H21Cl3F3N5O. The minimum Gasteiger partial charge on any atom is -0.481 e. The van der Waals surface area contributed by atoms with E-state index in [0.717, 1.165) is 30.9 Å². The summed E-state index contributed by atoms with van der Waals surface area (Å²) in [6, 6.07) is 10.2. The number of methoxy groups -OCH3 is 1. The molecule has 0 atom stereocenters. The van der Waals surface area contributed by atoms with E-state index >= 15 is 0 Å². The largest absolute Gasteiger partial charge is 0.481 e. The number of benzene rings is 2. The van der Waals surface area contributed by atoms with Crippen molar-refractivity contribution >= 4 is 45.7 Å². The quantitative estimate of drug-likeness (QED) is 0.288. The highest BCUT2D eigenvalue weighted by Gasteiger charge is 2.39. The van der Waals surface area contributed by atoms with E-state index in [-0.39, 0.29) is 18.2 Å². The Hall–Kier alpha value is -2.59. The fourth-order valence-corrected chi connectivity index (χ4v) is 5.38. The summed E-state index contributed by atoms with van der Waals surface area (Å²) in [5.41, 5.74) is 2.84. The first-order chi connectivity index (χ1) is 17.5. The number of hydrogen-bond acceptors (Lipinski definition) is 5. The summed E-state index contributed by atoms with van der Waals surface area (Å²) in [4.78, 5) is 4.57. The maximum Gasteiger partial charge on any atom is 0.416 e. The van der Waals surface area contributed by atoms with Gasteiger partial charge in [-0.1, -0.05) is 58.2 Å². The number of nitrogens with one attached hydrogen (secondary N) is 1. The summed E-state index contributed by atoms with van der Waals surface area (Å²) in [6.45, 7) is 1.52. The van der Waals surface area contributed by atoms with Crippen LogP contribution >= 0.6 is 34.8 Å². The molecule has 1 saturated heterocycles. The van der Waals surface area contributed by atoms with Crippen molar-refractivity contribution in [1.82, 2.24) is 25.3 Å². The van der Waals surface area contributed by atoms with Gasteiger partial charge in [0.05, 0.1) is 28.9 Å². The lowest BCUT2D eigenvalue weighted by Gasteiger charge is -2.29. The predicted molar refractivity (Wildman–Crippen MR) is 137 cm³/mol. The van der Waals surface area contributed by atoms with Crippen molar-refractivity contribution in [3.8, 4) is 5.88 Å². The summed E-state index contributed by atoms with van der Waals surface area (Å²) >= 11 is 20.8. The normalized spacial score (nSPS) is 14.7. The zero-order valence-electron chi connectivity index (χ0n) is 19.7. The van der Waals surface area contributed by atoms with Gasteiger partial charge in [0.15, 0.2) is 4.33 Å². The number of aryl methyl sites for hydroxylation is 1. The van der Waals surface area contributed by atoms with E-state index in [1.807, 2.05) is 0 Å². The van der Waals surface area contributed by atoms with Gasteiger partial charge in [-0.25, -0.2) is 9.67 Å². The Labute approximate surface area is 225 Å². The van der Waals surface area contributed by atoms with Gasteiger partial charge in [0.2, 0.25) is 5.88 Å². The second-order valence-electron chi connectivity index (χ2n) is 8.89. The molecule has 0 unspecified atom stereocenters. The molecule has 3 heterocycles. The van der Waals surface area contributed by atoms with Crippen LogP contribution in [0.4, 0.5) is 13.2 Å². The predicted octanol–water partition coefficient (Wildman–Crippen LogP) is 6.00. The molecule has 0 bridgehead atoms. The number of alkyl halides is 5. The Morgan fingerprint density at radius 3 is 2.35 bits per heavy atom. The van der Waals surface area contributed by atoms with Gasteiger partial charge in [0.1, 0.15) is 5.69 Å². The van der Waals surface area contributed by atoms with Crippen LogP contribution in [0.25, 0.3) is 10.9 Å². The number of ether oxygens (including phenoxy) is 1. The van der Waals surface area contributed by atoms with Crippen molar-refractivity contribution in [3.05, 3.63) is 81.1 Å². The third-order valence-electron chi connectivity index (χ3n) is 6.51. The molecule has 2 aromatic carbocycles. The molecule has 1 fully saturated rings. The molecule has 37 heavy (non-hydrogen) atoms. The molecule has 194 valence electrons. The van der Waals surface area contributed by atoms with Gasteiger partial charge in [0.25, 0.3) is 0 Å². The van der Waals surface area contributed by atoms with E-state index in [9.17, 15) is 13.2 Å². The van der Waals surface area contributed by atoms with Gasteiger partial charge in [-0.15, -0.1) is 5.10 Å². The second kappa shape index (κ2) is 9.62. The summed E-state index contributed by atoms with van der Waals surface area (Å²) in [6.07, 6.45) is -4.20. The molecular weight excluding hydrogens is 550 g/mol. The van der Waals surface area contributed by atoms with Crippen LogP contribution in [0.5, 0.6) is 5.88 Å². The summed E-state index contributed by atoms with van der Waals surface area (Å²) < 4.78 is 44.5. The van der Waals surface area contributed by atoms with Crippen LogP contribution in [-0.4, -0.2) is 40.2 Å². The number of pyridine rings is 1. The minimum atomic E-state index is -4.41. The zero-order valence-corrected chi connectivity index (χ0v) is 22.0. The maximum absolute atomic E-state index is 13.0. The standard InChI is InChI=1S/C25H21Cl3F3N5O/c1-36-22(21(34-35-36)14-11-32-12-14)24(27,28)16-7-8-19-17(10-16)20(26)18(23(33-19)37-2)9-13-3-5-15(6-4-13)25(29,30)31/h3-8,10,14,32H,9,11-12H2,1-2H3. The van der Waals surface area contributed by atoms with E-state index in [2.05, 4.69) is 20.6 Å². The number of hydrogen-bond donors (Lipinski definition) is 1. The lowest BCUT2D eigenvalue weighted by molar-refractivity contribution is -0.137. The first kappa shape index (κ1) is 26.0. The Morgan fingerprint density at radius 1 is 1.08 bits per heavy atom. The highest BCUT2D eigenvalue weighted by Crippen LogP contribution is 2.45. The molecule has 1 aliphatic heterocycles. The number of rotatable bonds is 6. The molecule has 0 saturated carbocycles. The van der Waals surface area contributed by atoms with E-state index in [0.29, 0.717) is 38.3 Å². The van der Waals surface area contributed by atoms with Crippen LogP contribution in [0.1, 0.15) is 39.6 Å². The summed E-state index contributed by atoms with van der Waals surface area (Å²) in [5, 5.41) is 12.6. The molecule has 0 spiro atoms. The number of aromatic nitrogens is 4. The van der Waals surface area contributed by atoms with Crippen molar-refractivity contribution in [1.29, 1.82) is 0 Å². The third kappa shape index (κ3) is 4.74. The zero-order chi connectivity index (χ0) is 26.5. The van der Waals surface area contributed by atoms with Gasteiger partial charge < -0.3 is 10.1 Å². The van der Waals surface area contributed by atoms with Crippen molar-refractivity contribution in [2.75, 3.05) is 20.2 Å². The molecule has 0 amide bonds. The minimum absolute atomic E-state index is 0.158. The molecule has 2 aromatic heterocycles. The summed E-state index contributed by atoms with van der Waals surface area (Å²) in [5.74, 6) is 0.439. The smallest absolute Gasteiger partial charge is 0.416 e. The maximum atomic E-state index is 13.0. The van der Waals surface area contributed by atoms with Crippen LogP contribution in [0, 0.1) is 0 Å². The van der Waals surface area contributed by atoms with Crippen molar-refractivity contribution in [2.45, 2.75) is 22.8 Å². The Bertz CT molecular complexity index is 1470. The van der Waals surface area contributed by atoms with Gasteiger partial charge in [-0.3, -0.25) is 0 Å². The average molecular weight is 571 g/mol. The highest BCUT2D eigenvalue weighted by atomic mass is 35.5. The van der Waals surface area contributed by atoms with Gasteiger partial charge in [-0.05, 0) is 35.4 Å². The van der Waals surface area contributed by atoms with Crippen LogP contribution < -0.4 is 10.1 Å². The number of nitrogens with zero attached hydrogens (tertiary/aromatic N) is 4. The highest BCUT2D eigenvalue weighted by molar-refractivity contribution is 6.50. The average Bonchev–Trinajstić information content (AvgIpc) is 3.20. The molecule has 12 heteroatoms. The van der Waals surface area contributed by atoms with Gasteiger partial charge in [-0.2, -0.15) is 13.2 Å². The van der Waals surface area contributed by atoms with Crippen LogP contribution in [-0.2, 0) is 24.0 Å². The van der Waals surface area contributed by atoms with Crippen LogP contribution in [0.3, 0.4) is 0 Å². The Morgan fingerprint density at radius 2 is 1.76 bits per heavy atom. The first-order valence-corrected chi connectivity index (χ1v) is 12.5. The molecule has 6 nitrogen and oxygen atoms in total. The topological polar surface area (TPSA) is 64.9 Å². The van der Waals surface area contributed by atoms with Crippen molar-refractivity contribution in [3.63, 3.8) is 0 Å². The third-order valence-corrected chi connectivity index (χ3v) is 7.74. The Balaban J connectivity index is 1.56. The fraction of sp³-hybridized carbons (Fsp3) is 0.320. The molecule has 0 radical (unpaired) electrons. The molecule has 4 aromatic rings. The van der Waals surface area contributed by atoms with Gasteiger partial charge in [0, 0.05) is 43.4 Å². The van der Waals surface area contributed by atoms with Crippen molar-refractivity contribution < 1.29 is 17.9 Å². The number of halogens is 6. The second-order valence-corrected chi connectivity index (χ2v) is 10.6. The molecule has 0 aliphatic carbocycles. The van der Waals surface area contributed by atoms with Crippen LogP contribution in [0.15, 0.2) is 42.5 Å². The molecule has 5 rings (SSSR count). The van der Waals surface area contributed by atoms with E-state index in [4.69, 9.17) is 39.5 Å². The van der Waals surface area contributed by atoms with E-state index in [1.54, 1.807) is 29.9 Å². The fourth-order valence-electron chi connectivity index (χ4n) is 4.41. The van der Waals surface area contributed by atoms with E-state index in [1.165, 1.54) is 19.2 Å². The monoisotopic (exact) mass is 569 g/mol. The van der Waals surface area contributed by atoms with Crippen molar-refractivity contribution in [2.24, 2.45) is 7.05 Å². The Kier molecular flexibility index (Phi) is 6.77. The summed E-state index contributed by atoms with van der Waals surface area (Å²) in [7, 11) is 3.20. The molecule has 1 N–H and O–H groups in total. The SMILES string of the molecule is COc1nc2ccc(C(Cl)(Cl)c3c(C4CNC4)nnn3C)cc2c(Cl)c1Cc1ccc(C(F)(F)F)cc1. The lowest BCUT2D eigenvalue weighted by Crippen LogP contribution is -2.41. The first-order valence-electron chi connectivity index (χ1n) is 11.3. The number of fused-ring (bicyclic) bond motifs is 1. The lowest BCUT2D eigenvalue weighted by atomic mass is 9.94. The van der Waals surface area contributed by atoms with Gasteiger partial charge >= 0.3 is 6.18 Å². The van der Waals surface area contributed by atoms with Crippen LogP contribution in [0.2, 0.25) is 5.02 Å². The molecule has 1 aliphatic rings. The van der Waals surface area contributed by atoms with E-state index < -0.39 is 16.1 Å².